The highest BCUT2D eigenvalue weighted by Crippen LogP contribution is 2.23. The van der Waals surface area contributed by atoms with Crippen LogP contribution in [0, 0.1) is 0 Å². The molecule has 28 heavy (non-hydrogen) atoms. The van der Waals surface area contributed by atoms with E-state index in [-0.39, 0.29) is 12.4 Å². The number of ether oxygens (including phenoxy) is 3. The summed E-state index contributed by atoms with van der Waals surface area (Å²) in [6.07, 6.45) is 2.49. The Morgan fingerprint density at radius 1 is 0.964 bits per heavy atom. The van der Waals surface area contributed by atoms with Crippen LogP contribution in [0.25, 0.3) is 0 Å². The molecule has 0 aromatic heterocycles. The van der Waals surface area contributed by atoms with Crippen molar-refractivity contribution in [1.82, 2.24) is 4.90 Å². The third kappa shape index (κ3) is 5.33. The fraction of sp³-hybridized carbons (Fsp3) is 0.364. The summed E-state index contributed by atoms with van der Waals surface area (Å²) in [6.45, 7) is 3.50. The molecule has 148 valence electrons. The van der Waals surface area contributed by atoms with Crippen LogP contribution in [0.15, 0.2) is 48.5 Å². The summed E-state index contributed by atoms with van der Waals surface area (Å²) >= 11 is 0. The normalized spacial score (nSPS) is 13.9. The molecule has 0 bridgehead atoms. The third-order valence-corrected chi connectivity index (χ3v) is 4.70. The van der Waals surface area contributed by atoms with E-state index in [1.165, 1.54) is 20.0 Å². The zero-order valence-corrected chi connectivity index (χ0v) is 16.1. The second-order valence-electron chi connectivity index (χ2n) is 6.61. The van der Waals surface area contributed by atoms with Crippen LogP contribution in [0.3, 0.4) is 0 Å². The fourth-order valence-corrected chi connectivity index (χ4v) is 3.13. The molecule has 0 spiro atoms. The average Bonchev–Trinajstić information content (AvgIpc) is 3.26. The number of benzene rings is 2. The van der Waals surface area contributed by atoms with Crippen LogP contribution in [0.4, 0.5) is 0 Å². The molecule has 0 atom stereocenters. The molecule has 0 radical (unpaired) electrons. The van der Waals surface area contributed by atoms with Gasteiger partial charge in [0.25, 0.3) is 0 Å². The van der Waals surface area contributed by atoms with E-state index < -0.39 is 5.97 Å². The van der Waals surface area contributed by atoms with E-state index in [2.05, 4.69) is 9.64 Å². The van der Waals surface area contributed by atoms with Crippen molar-refractivity contribution < 1.29 is 23.8 Å². The Labute approximate surface area is 165 Å². The molecule has 0 amide bonds. The number of rotatable bonds is 9. The molecule has 1 aliphatic rings. The number of hydrogen-bond acceptors (Lipinski definition) is 6. The number of likely N-dealkylation sites (tertiary alicyclic amines) is 1. The molecule has 0 saturated carbocycles. The first-order valence-corrected chi connectivity index (χ1v) is 9.46. The number of carbonyl (C=O) groups is 2. The smallest absolute Gasteiger partial charge is 0.343 e. The van der Waals surface area contributed by atoms with Gasteiger partial charge in [0.2, 0.25) is 0 Å². The van der Waals surface area contributed by atoms with Gasteiger partial charge in [-0.1, -0.05) is 12.1 Å². The highest BCUT2D eigenvalue weighted by molar-refractivity contribution is 6.10. The lowest BCUT2D eigenvalue weighted by atomic mass is 10.0. The van der Waals surface area contributed by atoms with E-state index in [0.29, 0.717) is 29.2 Å². The number of carbonyl (C=O) groups excluding carboxylic acids is 2. The van der Waals surface area contributed by atoms with Crippen LogP contribution >= 0.6 is 0 Å². The summed E-state index contributed by atoms with van der Waals surface area (Å²) in [4.78, 5) is 26.4. The van der Waals surface area contributed by atoms with Crippen molar-refractivity contribution in [3.05, 3.63) is 59.7 Å². The lowest BCUT2D eigenvalue weighted by Gasteiger charge is -2.16. The summed E-state index contributed by atoms with van der Waals surface area (Å²) in [5.41, 5.74) is 1.06. The fourth-order valence-electron chi connectivity index (χ4n) is 3.13. The van der Waals surface area contributed by atoms with E-state index in [1.54, 1.807) is 30.3 Å². The van der Waals surface area contributed by atoms with Crippen LogP contribution in [0.2, 0.25) is 0 Å². The quantitative estimate of drug-likeness (QED) is 0.490. The van der Waals surface area contributed by atoms with Gasteiger partial charge in [-0.25, -0.2) is 4.79 Å². The second kappa shape index (κ2) is 9.90. The van der Waals surface area contributed by atoms with Gasteiger partial charge in [0.05, 0.1) is 12.7 Å². The van der Waals surface area contributed by atoms with Gasteiger partial charge in [-0.05, 0) is 62.3 Å². The first kappa shape index (κ1) is 19.9. The van der Waals surface area contributed by atoms with Crippen molar-refractivity contribution in [3.63, 3.8) is 0 Å². The molecule has 1 fully saturated rings. The van der Waals surface area contributed by atoms with Crippen LogP contribution in [-0.4, -0.2) is 56.6 Å². The standard InChI is InChI=1S/C22H25NO5/c1-26-21(24)16-28-18-10-8-17(9-11-18)22(25)19-6-2-3-7-20(19)27-15-14-23-12-4-5-13-23/h2-3,6-11H,4-5,12-16H2,1H3. The van der Waals surface area contributed by atoms with E-state index in [1.807, 2.05) is 18.2 Å². The molecule has 3 rings (SSSR count). The van der Waals surface area contributed by atoms with Gasteiger partial charge in [-0.3, -0.25) is 9.69 Å². The molecule has 1 saturated heterocycles. The molecule has 1 heterocycles. The minimum absolute atomic E-state index is 0.115. The van der Waals surface area contributed by atoms with Gasteiger partial charge in [-0.2, -0.15) is 0 Å². The van der Waals surface area contributed by atoms with Gasteiger partial charge >= 0.3 is 5.97 Å². The molecule has 2 aromatic carbocycles. The third-order valence-electron chi connectivity index (χ3n) is 4.70. The van der Waals surface area contributed by atoms with E-state index >= 15 is 0 Å². The highest BCUT2D eigenvalue weighted by atomic mass is 16.6. The van der Waals surface area contributed by atoms with Gasteiger partial charge < -0.3 is 14.2 Å². The Morgan fingerprint density at radius 3 is 2.39 bits per heavy atom. The van der Waals surface area contributed by atoms with Gasteiger partial charge in [0.1, 0.15) is 18.1 Å². The largest absolute Gasteiger partial charge is 0.491 e. The Balaban J connectivity index is 1.62. The molecule has 0 aliphatic carbocycles. The van der Waals surface area contributed by atoms with Crippen molar-refractivity contribution in [2.75, 3.05) is 40.0 Å². The maximum absolute atomic E-state index is 12.9. The predicted molar refractivity (Wildman–Crippen MR) is 105 cm³/mol. The topological polar surface area (TPSA) is 65.1 Å². The number of esters is 1. The van der Waals surface area contributed by atoms with Gasteiger partial charge in [-0.15, -0.1) is 0 Å². The first-order chi connectivity index (χ1) is 13.7. The molecular formula is C22H25NO5. The molecule has 1 aliphatic heterocycles. The average molecular weight is 383 g/mol. The second-order valence-corrected chi connectivity index (χ2v) is 6.61. The Bertz CT molecular complexity index is 797. The van der Waals surface area contributed by atoms with Crippen molar-refractivity contribution in [3.8, 4) is 11.5 Å². The molecule has 0 N–H and O–H groups in total. The molecule has 2 aromatic rings. The van der Waals surface area contributed by atoms with Crippen LogP contribution in [-0.2, 0) is 9.53 Å². The van der Waals surface area contributed by atoms with Crippen LogP contribution < -0.4 is 9.47 Å². The van der Waals surface area contributed by atoms with Gasteiger partial charge in [0, 0.05) is 12.1 Å². The van der Waals surface area contributed by atoms with E-state index in [4.69, 9.17) is 9.47 Å². The summed E-state index contributed by atoms with van der Waals surface area (Å²) in [7, 11) is 1.30. The number of para-hydroxylation sites is 1. The molecule has 6 heteroatoms. The minimum Gasteiger partial charge on any atom is -0.491 e. The number of ketones is 1. The maximum Gasteiger partial charge on any atom is 0.343 e. The van der Waals surface area contributed by atoms with Crippen molar-refractivity contribution in [2.45, 2.75) is 12.8 Å². The zero-order valence-electron chi connectivity index (χ0n) is 16.1. The van der Waals surface area contributed by atoms with Crippen molar-refractivity contribution in [2.24, 2.45) is 0 Å². The Morgan fingerprint density at radius 2 is 1.68 bits per heavy atom. The molecule has 6 nitrogen and oxygen atoms in total. The number of methoxy groups -OCH3 is 1. The summed E-state index contributed by atoms with van der Waals surface area (Å²) in [6, 6.07) is 14.0. The summed E-state index contributed by atoms with van der Waals surface area (Å²) in [5, 5.41) is 0. The van der Waals surface area contributed by atoms with Gasteiger partial charge in [0.15, 0.2) is 12.4 Å². The minimum atomic E-state index is -0.458. The number of nitrogens with zero attached hydrogens (tertiary/aromatic N) is 1. The SMILES string of the molecule is COC(=O)COc1ccc(C(=O)c2ccccc2OCCN2CCCC2)cc1. The van der Waals surface area contributed by atoms with Crippen LogP contribution in [0.5, 0.6) is 11.5 Å². The maximum atomic E-state index is 12.9. The van der Waals surface area contributed by atoms with Crippen LogP contribution in [0.1, 0.15) is 28.8 Å². The monoisotopic (exact) mass is 383 g/mol. The summed E-state index contributed by atoms with van der Waals surface area (Å²) < 4.78 is 15.7. The molecular weight excluding hydrogens is 358 g/mol. The first-order valence-electron chi connectivity index (χ1n) is 9.46. The molecule has 0 unspecified atom stereocenters. The van der Waals surface area contributed by atoms with Crippen molar-refractivity contribution in [1.29, 1.82) is 0 Å². The zero-order chi connectivity index (χ0) is 19.8. The predicted octanol–water partition coefficient (Wildman–Crippen LogP) is 2.94. The lowest BCUT2D eigenvalue weighted by Crippen LogP contribution is -2.25. The van der Waals surface area contributed by atoms with Crippen molar-refractivity contribution >= 4 is 11.8 Å². The van der Waals surface area contributed by atoms with E-state index in [9.17, 15) is 9.59 Å². The lowest BCUT2D eigenvalue weighted by molar-refractivity contribution is -0.142. The highest BCUT2D eigenvalue weighted by Gasteiger charge is 2.16. The Hall–Kier alpha value is -2.86. The summed E-state index contributed by atoms with van der Waals surface area (Å²) in [5.74, 6) is 0.520. The number of hydrogen-bond donors (Lipinski definition) is 0. The van der Waals surface area contributed by atoms with E-state index in [0.717, 1.165) is 19.6 Å². The Kier molecular flexibility index (Phi) is 7.03.